The number of amides is 1. The maximum absolute atomic E-state index is 13.2. The summed E-state index contributed by atoms with van der Waals surface area (Å²) in [5, 5.41) is 2.89. The number of carbonyl (C=O) groups excluding carboxylic acids is 1. The van der Waals surface area contributed by atoms with E-state index in [0.29, 0.717) is 22.9 Å². The summed E-state index contributed by atoms with van der Waals surface area (Å²) in [7, 11) is 1.67. The first-order chi connectivity index (χ1) is 16.0. The lowest BCUT2D eigenvalue weighted by molar-refractivity contribution is -0.137. The van der Waals surface area contributed by atoms with Gasteiger partial charge in [0.1, 0.15) is 0 Å². The molecule has 0 atom stereocenters. The van der Waals surface area contributed by atoms with Gasteiger partial charge in [0.2, 0.25) is 0 Å². The van der Waals surface area contributed by atoms with Gasteiger partial charge in [0, 0.05) is 41.1 Å². The minimum absolute atomic E-state index is 0.193. The Hall–Kier alpha value is -3.65. The number of hydrogen-bond acceptors (Lipinski definition) is 3. The van der Waals surface area contributed by atoms with Crippen LogP contribution in [-0.4, -0.2) is 15.5 Å². The van der Waals surface area contributed by atoms with Crippen LogP contribution in [0.15, 0.2) is 59.5 Å². The van der Waals surface area contributed by atoms with E-state index in [9.17, 15) is 22.8 Å². The minimum Gasteiger partial charge on any atom is -0.322 e. The molecule has 0 fully saturated rings. The van der Waals surface area contributed by atoms with Gasteiger partial charge >= 0.3 is 6.18 Å². The molecule has 1 N–H and O–H groups in total. The van der Waals surface area contributed by atoms with E-state index in [1.165, 1.54) is 10.6 Å². The number of nitrogens with one attached hydrogen (secondary N) is 1. The Labute approximate surface area is 197 Å². The normalized spacial score (nSPS) is 11.6. The molecule has 0 radical (unpaired) electrons. The first kappa shape index (κ1) is 23.5. The monoisotopic (exact) mass is 485 g/mol. The molecule has 4 aromatic rings. The second-order valence-corrected chi connectivity index (χ2v) is 8.39. The highest BCUT2D eigenvalue weighted by molar-refractivity contribution is 6.31. The van der Waals surface area contributed by atoms with E-state index in [-0.39, 0.29) is 11.1 Å². The number of anilines is 1. The van der Waals surface area contributed by atoms with Gasteiger partial charge in [-0.1, -0.05) is 17.7 Å². The Bertz CT molecular complexity index is 1510. The van der Waals surface area contributed by atoms with E-state index in [4.69, 9.17) is 11.6 Å². The zero-order chi connectivity index (χ0) is 24.8. The Balaban J connectivity index is 1.73. The number of fused-ring (bicyclic) bond motifs is 1. The number of rotatable bonds is 3. The Morgan fingerprint density at radius 1 is 1.03 bits per heavy atom. The second kappa shape index (κ2) is 8.61. The fraction of sp³-hybridized carbons (Fsp3) is 0.160. The molecule has 0 aliphatic heterocycles. The van der Waals surface area contributed by atoms with Gasteiger partial charge in [-0.15, -0.1) is 0 Å². The number of pyridine rings is 2. The van der Waals surface area contributed by atoms with Crippen molar-refractivity contribution in [3.63, 3.8) is 0 Å². The zero-order valence-corrected chi connectivity index (χ0v) is 19.2. The predicted molar refractivity (Wildman–Crippen MR) is 126 cm³/mol. The number of benzene rings is 2. The van der Waals surface area contributed by atoms with Gasteiger partial charge in [0.05, 0.1) is 16.1 Å². The molecule has 9 heteroatoms. The van der Waals surface area contributed by atoms with Crippen molar-refractivity contribution in [2.75, 3.05) is 5.32 Å². The second-order valence-electron chi connectivity index (χ2n) is 7.98. The molecule has 0 aliphatic rings. The summed E-state index contributed by atoms with van der Waals surface area (Å²) < 4.78 is 41.0. The fourth-order valence-corrected chi connectivity index (χ4v) is 3.96. The summed E-state index contributed by atoms with van der Waals surface area (Å²) in [6.45, 7) is 3.67. The molecule has 4 rings (SSSR count). The highest BCUT2D eigenvalue weighted by Gasteiger charge is 2.33. The largest absolute Gasteiger partial charge is 0.417 e. The summed E-state index contributed by atoms with van der Waals surface area (Å²) in [6.07, 6.45) is -3.00. The lowest BCUT2D eigenvalue weighted by Gasteiger charge is -2.14. The van der Waals surface area contributed by atoms with Crippen LogP contribution >= 0.6 is 11.6 Å². The lowest BCUT2D eigenvalue weighted by atomic mass is 9.99. The van der Waals surface area contributed by atoms with Gasteiger partial charge in [-0.25, -0.2) is 0 Å². The van der Waals surface area contributed by atoms with Crippen LogP contribution in [0.1, 0.15) is 27.2 Å². The number of hydrogen-bond donors (Lipinski definition) is 1. The standard InChI is InChI=1S/C25H19ClF3N3O2/c1-13-4-6-17(31-23(33)15-5-7-21(26)20(10-15)25(27,28)29)11-18(13)19-9-16-12-30-14(2)8-22(16)32(3)24(19)34/h4-12H,1-3H3,(H,31,33). The summed E-state index contributed by atoms with van der Waals surface area (Å²) in [5.74, 6) is -0.733. The molecule has 34 heavy (non-hydrogen) atoms. The number of nitrogens with zero attached hydrogens (tertiary/aromatic N) is 2. The first-order valence-corrected chi connectivity index (χ1v) is 10.6. The van der Waals surface area contributed by atoms with Gasteiger partial charge in [-0.2, -0.15) is 13.2 Å². The molecular formula is C25H19ClF3N3O2. The van der Waals surface area contributed by atoms with Crippen LogP contribution in [0.3, 0.4) is 0 Å². The molecule has 0 bridgehead atoms. The van der Waals surface area contributed by atoms with Crippen LogP contribution in [-0.2, 0) is 13.2 Å². The molecule has 1 amide bonds. The molecule has 0 saturated heterocycles. The van der Waals surface area contributed by atoms with E-state index in [2.05, 4.69) is 10.3 Å². The first-order valence-electron chi connectivity index (χ1n) is 10.2. The van der Waals surface area contributed by atoms with Crippen molar-refractivity contribution in [3.05, 3.63) is 92.5 Å². The van der Waals surface area contributed by atoms with E-state index in [1.807, 2.05) is 19.9 Å². The number of alkyl halides is 3. The van der Waals surface area contributed by atoms with Crippen LogP contribution < -0.4 is 10.9 Å². The molecule has 0 unspecified atom stereocenters. The average Bonchev–Trinajstić information content (AvgIpc) is 2.77. The van der Waals surface area contributed by atoms with Crippen molar-refractivity contribution in [1.29, 1.82) is 0 Å². The minimum atomic E-state index is -4.69. The number of halogens is 4. The van der Waals surface area contributed by atoms with Crippen molar-refractivity contribution in [3.8, 4) is 11.1 Å². The smallest absolute Gasteiger partial charge is 0.322 e. The van der Waals surface area contributed by atoms with Crippen LogP contribution in [0, 0.1) is 13.8 Å². The van der Waals surface area contributed by atoms with Gasteiger partial charge < -0.3 is 9.88 Å². The van der Waals surface area contributed by atoms with E-state index in [0.717, 1.165) is 28.2 Å². The third kappa shape index (κ3) is 4.41. The summed E-state index contributed by atoms with van der Waals surface area (Å²) >= 11 is 5.64. The maximum Gasteiger partial charge on any atom is 0.417 e. The van der Waals surface area contributed by atoms with Crippen molar-refractivity contribution in [2.24, 2.45) is 7.05 Å². The van der Waals surface area contributed by atoms with Gasteiger partial charge in [0.15, 0.2) is 0 Å². The third-order valence-electron chi connectivity index (χ3n) is 5.56. The Morgan fingerprint density at radius 3 is 2.47 bits per heavy atom. The third-order valence-corrected chi connectivity index (χ3v) is 5.89. The molecular weight excluding hydrogens is 467 g/mol. The van der Waals surface area contributed by atoms with Crippen molar-refractivity contribution in [1.82, 2.24) is 9.55 Å². The van der Waals surface area contributed by atoms with Crippen molar-refractivity contribution >= 4 is 34.1 Å². The number of carbonyl (C=O) groups is 1. The van der Waals surface area contributed by atoms with Crippen LogP contribution in [0.25, 0.3) is 22.0 Å². The van der Waals surface area contributed by atoms with E-state index < -0.39 is 22.7 Å². The molecule has 2 heterocycles. The van der Waals surface area contributed by atoms with Crippen LogP contribution in [0.4, 0.5) is 18.9 Å². The Morgan fingerprint density at radius 2 is 1.76 bits per heavy atom. The highest BCUT2D eigenvalue weighted by Crippen LogP contribution is 2.35. The highest BCUT2D eigenvalue weighted by atomic mass is 35.5. The van der Waals surface area contributed by atoms with Crippen LogP contribution in [0.2, 0.25) is 5.02 Å². The SMILES string of the molecule is Cc1cc2c(cn1)cc(-c1cc(NC(=O)c3ccc(Cl)c(C(F)(F)F)c3)ccc1C)c(=O)n2C. The zero-order valence-electron chi connectivity index (χ0n) is 18.4. The van der Waals surface area contributed by atoms with Crippen LogP contribution in [0.5, 0.6) is 0 Å². The van der Waals surface area contributed by atoms with Gasteiger partial charge in [-0.3, -0.25) is 14.6 Å². The van der Waals surface area contributed by atoms with Crippen molar-refractivity contribution in [2.45, 2.75) is 20.0 Å². The molecule has 5 nitrogen and oxygen atoms in total. The van der Waals surface area contributed by atoms with E-state index in [1.54, 1.807) is 37.5 Å². The topological polar surface area (TPSA) is 64.0 Å². The maximum atomic E-state index is 13.2. The van der Waals surface area contributed by atoms with Crippen molar-refractivity contribution < 1.29 is 18.0 Å². The van der Waals surface area contributed by atoms with E-state index >= 15 is 0 Å². The fourth-order valence-electron chi connectivity index (χ4n) is 3.73. The van der Waals surface area contributed by atoms with Gasteiger partial charge in [-0.05, 0) is 67.4 Å². The Kier molecular flexibility index (Phi) is 5.95. The summed E-state index contributed by atoms with van der Waals surface area (Å²) in [6, 6.07) is 11.5. The molecule has 174 valence electrons. The molecule has 2 aromatic heterocycles. The summed E-state index contributed by atoms with van der Waals surface area (Å²) in [5.41, 5.74) is 2.15. The average molecular weight is 486 g/mol. The number of aryl methyl sites for hydroxylation is 3. The van der Waals surface area contributed by atoms with Gasteiger partial charge in [0.25, 0.3) is 11.5 Å². The predicted octanol–water partition coefficient (Wildman–Crippen LogP) is 6.14. The molecule has 0 aliphatic carbocycles. The number of aromatic nitrogens is 2. The lowest BCUT2D eigenvalue weighted by Crippen LogP contribution is -2.19. The molecule has 0 saturated carbocycles. The molecule has 2 aromatic carbocycles. The summed E-state index contributed by atoms with van der Waals surface area (Å²) in [4.78, 5) is 30.1. The quantitative estimate of drug-likeness (QED) is 0.379. The molecule has 0 spiro atoms.